The number of fused-ring (bicyclic) bond motifs is 3. The Morgan fingerprint density at radius 3 is 2.76 bits per heavy atom. The molecule has 2 heterocycles. The third-order valence-electron chi connectivity index (χ3n) is 8.49. The number of anilines is 2. The molecule has 3 aromatic carbocycles. The summed E-state index contributed by atoms with van der Waals surface area (Å²) in [6.45, 7) is 3.66. The normalized spacial score (nSPS) is 16.3. The summed E-state index contributed by atoms with van der Waals surface area (Å²) in [5, 5.41) is 19.3. The molecule has 0 unspecified atom stereocenters. The summed E-state index contributed by atoms with van der Waals surface area (Å²) in [7, 11) is 0. The molecule has 4 aromatic rings. The van der Waals surface area contributed by atoms with Crippen molar-refractivity contribution >= 4 is 40.9 Å². The predicted octanol–water partition coefficient (Wildman–Crippen LogP) is 6.47. The minimum atomic E-state index is -0.970. The van der Waals surface area contributed by atoms with Gasteiger partial charge in [-0.15, -0.1) is 0 Å². The van der Waals surface area contributed by atoms with Crippen LogP contribution in [0.4, 0.5) is 16.2 Å². The Kier molecular flexibility index (Phi) is 9.25. The van der Waals surface area contributed by atoms with Crippen molar-refractivity contribution in [1.29, 1.82) is 0 Å². The molecule has 1 saturated carbocycles. The minimum absolute atomic E-state index is 0.0488. The lowest BCUT2D eigenvalue weighted by Crippen LogP contribution is -2.36. The van der Waals surface area contributed by atoms with Crippen molar-refractivity contribution in [3.8, 4) is 16.9 Å². The fourth-order valence-corrected chi connectivity index (χ4v) is 6.23. The summed E-state index contributed by atoms with van der Waals surface area (Å²) in [4.78, 5) is 38.2. The maximum absolute atomic E-state index is 13.5. The van der Waals surface area contributed by atoms with Crippen LogP contribution in [0, 0.1) is 12.8 Å². The first-order valence-corrected chi connectivity index (χ1v) is 15.8. The van der Waals surface area contributed by atoms with E-state index in [-0.39, 0.29) is 18.9 Å². The van der Waals surface area contributed by atoms with E-state index in [0.29, 0.717) is 48.5 Å². The lowest BCUT2D eigenvalue weighted by molar-refractivity contribution is -0.136. The number of carbonyl (C=O) groups is 3. The van der Waals surface area contributed by atoms with Crippen LogP contribution in [0.25, 0.3) is 11.1 Å². The second kappa shape index (κ2) is 13.7. The van der Waals surface area contributed by atoms with Crippen LogP contribution in [0.1, 0.15) is 48.3 Å². The van der Waals surface area contributed by atoms with Crippen molar-refractivity contribution in [1.82, 2.24) is 15.1 Å². The number of amides is 3. The molecule has 3 N–H and O–H groups in total. The van der Waals surface area contributed by atoms with Crippen molar-refractivity contribution in [2.75, 3.05) is 29.9 Å². The summed E-state index contributed by atoms with van der Waals surface area (Å²) in [5.74, 6) is 0.791. The van der Waals surface area contributed by atoms with Crippen LogP contribution in [0.15, 0.2) is 73.1 Å². The molecule has 0 spiro atoms. The molecule has 1 aromatic heterocycles. The SMILES string of the molecule is Cc1c(Cl)cccc1OCCCC(=O)N1C[C@@H]2C[C@@H]2c2c(-c3cnn(Cc4cccc(NC(=O)NCCC(=O)O)c4)c3)cccc21. The van der Waals surface area contributed by atoms with Crippen molar-refractivity contribution in [3.63, 3.8) is 0 Å². The fraction of sp³-hybridized carbons (Fsp3) is 0.314. The molecule has 1 aliphatic heterocycles. The molecule has 238 valence electrons. The lowest BCUT2D eigenvalue weighted by Gasteiger charge is -2.30. The topological polar surface area (TPSA) is 126 Å². The van der Waals surface area contributed by atoms with E-state index < -0.39 is 12.0 Å². The highest BCUT2D eigenvalue weighted by Crippen LogP contribution is 2.57. The average Bonchev–Trinajstić information content (AvgIpc) is 3.68. The van der Waals surface area contributed by atoms with E-state index in [0.717, 1.165) is 46.7 Å². The number of benzene rings is 3. The average molecular weight is 642 g/mol. The van der Waals surface area contributed by atoms with Gasteiger partial charge in [0.15, 0.2) is 0 Å². The third kappa shape index (κ3) is 7.18. The molecule has 0 saturated heterocycles. The summed E-state index contributed by atoms with van der Waals surface area (Å²) >= 11 is 6.21. The second-order valence-electron chi connectivity index (χ2n) is 11.8. The van der Waals surface area contributed by atoms with Gasteiger partial charge in [0.2, 0.25) is 5.91 Å². The highest BCUT2D eigenvalue weighted by Gasteiger charge is 2.47. The van der Waals surface area contributed by atoms with E-state index in [1.54, 1.807) is 6.07 Å². The zero-order valence-electron chi connectivity index (χ0n) is 25.5. The number of urea groups is 1. The van der Waals surface area contributed by atoms with E-state index in [2.05, 4.69) is 27.9 Å². The molecule has 3 amide bonds. The minimum Gasteiger partial charge on any atom is -0.493 e. The molecule has 0 radical (unpaired) electrons. The van der Waals surface area contributed by atoms with Crippen LogP contribution in [-0.2, 0) is 16.1 Å². The van der Waals surface area contributed by atoms with Crippen molar-refractivity contribution in [3.05, 3.63) is 94.8 Å². The van der Waals surface area contributed by atoms with Gasteiger partial charge in [-0.05, 0) is 78.6 Å². The number of hydrogen-bond donors (Lipinski definition) is 3. The Balaban J connectivity index is 1.10. The number of rotatable bonds is 12. The Bertz CT molecular complexity index is 1770. The maximum atomic E-state index is 13.5. The lowest BCUT2D eigenvalue weighted by atomic mass is 9.92. The monoisotopic (exact) mass is 641 g/mol. The molecule has 1 fully saturated rings. The number of aliphatic carboxylic acids is 1. The van der Waals surface area contributed by atoms with Crippen molar-refractivity contribution in [2.45, 2.75) is 45.1 Å². The molecule has 2 atom stereocenters. The molecule has 6 rings (SSSR count). The maximum Gasteiger partial charge on any atom is 0.319 e. The quantitative estimate of drug-likeness (QED) is 0.152. The van der Waals surface area contributed by atoms with E-state index in [1.165, 1.54) is 5.56 Å². The summed E-state index contributed by atoms with van der Waals surface area (Å²) < 4.78 is 7.78. The zero-order chi connectivity index (χ0) is 32.2. The highest BCUT2D eigenvalue weighted by atomic mass is 35.5. The first-order chi connectivity index (χ1) is 22.3. The number of carboxylic acids is 1. The van der Waals surface area contributed by atoms with E-state index in [1.807, 2.05) is 71.4 Å². The first kappa shape index (κ1) is 31.2. The summed E-state index contributed by atoms with van der Waals surface area (Å²) in [6.07, 6.45) is 5.82. The van der Waals surface area contributed by atoms with Crippen LogP contribution in [0.3, 0.4) is 0 Å². The number of carboxylic acid groups (broad SMARTS) is 1. The van der Waals surface area contributed by atoms with Crippen LogP contribution >= 0.6 is 11.6 Å². The smallest absolute Gasteiger partial charge is 0.319 e. The number of halogens is 1. The largest absolute Gasteiger partial charge is 0.493 e. The van der Waals surface area contributed by atoms with Gasteiger partial charge >= 0.3 is 12.0 Å². The predicted molar refractivity (Wildman–Crippen MR) is 177 cm³/mol. The highest BCUT2D eigenvalue weighted by molar-refractivity contribution is 6.31. The molecule has 2 aliphatic rings. The first-order valence-electron chi connectivity index (χ1n) is 15.5. The van der Waals surface area contributed by atoms with Gasteiger partial charge in [0.05, 0.1) is 25.8 Å². The number of ether oxygens (including phenoxy) is 1. The van der Waals surface area contributed by atoms with Crippen molar-refractivity contribution in [2.24, 2.45) is 5.92 Å². The van der Waals surface area contributed by atoms with Crippen LogP contribution < -0.4 is 20.3 Å². The molecule has 10 nitrogen and oxygen atoms in total. The zero-order valence-corrected chi connectivity index (χ0v) is 26.3. The molecular formula is C35H36ClN5O5. The van der Waals surface area contributed by atoms with E-state index in [9.17, 15) is 14.4 Å². The second-order valence-corrected chi connectivity index (χ2v) is 12.2. The van der Waals surface area contributed by atoms with Gasteiger partial charge in [0, 0.05) is 53.2 Å². The van der Waals surface area contributed by atoms with Gasteiger partial charge in [-0.2, -0.15) is 5.10 Å². The van der Waals surface area contributed by atoms with Gasteiger partial charge in [-0.3, -0.25) is 14.3 Å². The van der Waals surface area contributed by atoms with Crippen LogP contribution in [-0.4, -0.2) is 52.5 Å². The van der Waals surface area contributed by atoms with Gasteiger partial charge < -0.3 is 25.4 Å². The van der Waals surface area contributed by atoms with E-state index in [4.69, 9.17) is 21.4 Å². The van der Waals surface area contributed by atoms with Crippen LogP contribution in [0.5, 0.6) is 5.75 Å². The molecular weight excluding hydrogens is 606 g/mol. The Morgan fingerprint density at radius 2 is 1.91 bits per heavy atom. The number of hydrogen-bond acceptors (Lipinski definition) is 5. The summed E-state index contributed by atoms with van der Waals surface area (Å²) in [5.41, 5.74) is 6.75. The molecule has 11 heteroatoms. The van der Waals surface area contributed by atoms with Gasteiger partial charge in [-0.25, -0.2) is 4.79 Å². The standard InChI is InChI=1S/C35H36ClN5O5/c1-22-29(36)9-4-11-31(22)46-15-5-12-32(42)41-21-24-17-28(24)34-27(8-3-10-30(34)41)25-18-38-40(20-25)19-23-6-2-7-26(16-23)39-35(45)37-14-13-33(43)44/h2-4,6-11,16,18,20,24,28H,5,12-15,17,19,21H2,1H3,(H,43,44)(H2,37,39,45)/t24-,28-/m0/s1. The summed E-state index contributed by atoms with van der Waals surface area (Å²) in [6, 6.07) is 18.8. The molecule has 1 aliphatic carbocycles. The number of nitrogens with zero attached hydrogens (tertiary/aromatic N) is 3. The van der Waals surface area contributed by atoms with E-state index >= 15 is 0 Å². The fourth-order valence-electron chi connectivity index (χ4n) is 6.07. The Hall–Kier alpha value is -4.83. The third-order valence-corrected chi connectivity index (χ3v) is 8.90. The van der Waals surface area contributed by atoms with Crippen molar-refractivity contribution < 1.29 is 24.2 Å². The van der Waals surface area contributed by atoms with Gasteiger partial charge in [0.1, 0.15) is 5.75 Å². The van der Waals surface area contributed by atoms with Gasteiger partial charge in [0.25, 0.3) is 0 Å². The molecule has 46 heavy (non-hydrogen) atoms. The van der Waals surface area contributed by atoms with Crippen LogP contribution in [0.2, 0.25) is 5.02 Å². The van der Waals surface area contributed by atoms with Gasteiger partial charge in [-0.1, -0.05) is 41.9 Å². The molecule has 0 bridgehead atoms. The Labute approximate surface area is 272 Å². The Morgan fingerprint density at radius 1 is 1.09 bits per heavy atom. The number of nitrogens with one attached hydrogen (secondary N) is 2. The number of aromatic nitrogens is 2. The number of carbonyl (C=O) groups excluding carboxylic acids is 2.